The van der Waals surface area contributed by atoms with Gasteiger partial charge in [-0.1, -0.05) is 0 Å². The average molecular weight is 294 g/mol. The Morgan fingerprint density at radius 3 is 2.50 bits per heavy atom. The van der Waals surface area contributed by atoms with Gasteiger partial charge < -0.3 is 15.4 Å². The monoisotopic (exact) mass is 294 g/mol. The van der Waals surface area contributed by atoms with Crippen LogP contribution in [0.15, 0.2) is 18.2 Å². The highest BCUT2D eigenvalue weighted by Crippen LogP contribution is 2.21. The van der Waals surface area contributed by atoms with Crippen molar-refractivity contribution in [3.05, 3.63) is 29.6 Å². The number of rotatable bonds is 5. The maximum atomic E-state index is 13.7. The number of methoxy groups -OCH3 is 1. The van der Waals surface area contributed by atoms with E-state index >= 15 is 0 Å². The van der Waals surface area contributed by atoms with E-state index in [-0.39, 0.29) is 18.8 Å². The van der Waals surface area contributed by atoms with Gasteiger partial charge in [0, 0.05) is 19.2 Å². The molecule has 8 heteroatoms. The van der Waals surface area contributed by atoms with E-state index in [9.17, 15) is 22.4 Å². The largest absolute Gasteiger partial charge is 0.497 e. The number of carbonyl (C=O) groups excluding carboxylic acids is 1. The lowest BCUT2D eigenvalue weighted by Crippen LogP contribution is -2.42. The van der Waals surface area contributed by atoms with Gasteiger partial charge in [-0.15, -0.1) is 0 Å². The lowest BCUT2D eigenvalue weighted by atomic mass is 10.1. The van der Waals surface area contributed by atoms with E-state index in [2.05, 4.69) is 0 Å². The molecule has 0 radical (unpaired) electrons. The third kappa shape index (κ3) is 4.37. The Kier molecular flexibility index (Phi) is 5.32. The van der Waals surface area contributed by atoms with Crippen molar-refractivity contribution in [3.63, 3.8) is 0 Å². The highest BCUT2D eigenvalue weighted by Gasteiger charge is 2.33. The molecule has 4 nitrogen and oxygen atoms in total. The van der Waals surface area contributed by atoms with E-state index in [0.717, 1.165) is 12.1 Å². The van der Waals surface area contributed by atoms with E-state index in [4.69, 9.17) is 10.5 Å². The van der Waals surface area contributed by atoms with Crippen LogP contribution in [0.2, 0.25) is 0 Å². The van der Waals surface area contributed by atoms with E-state index < -0.39 is 30.0 Å². The summed E-state index contributed by atoms with van der Waals surface area (Å²) in [5, 5.41) is 0. The summed E-state index contributed by atoms with van der Waals surface area (Å²) in [7, 11) is 1.31. The highest BCUT2D eigenvalue weighted by molar-refractivity contribution is 5.94. The summed E-state index contributed by atoms with van der Waals surface area (Å²) in [6.07, 6.45) is -4.58. The number of carbonyl (C=O) groups is 1. The number of nitrogens with zero attached hydrogens (tertiary/aromatic N) is 1. The maximum Gasteiger partial charge on any atom is 0.406 e. The Morgan fingerprint density at radius 1 is 1.40 bits per heavy atom. The summed E-state index contributed by atoms with van der Waals surface area (Å²) in [5.74, 6) is -1.84. The lowest BCUT2D eigenvalue weighted by Gasteiger charge is -2.23. The standard InChI is InChI=1S/C12H14F4N2O2/c1-20-8-2-3-9(10(13)6-8)11(19)18(5-4-17)7-12(14,15)16/h2-3,6H,4-5,7,17H2,1H3. The third-order valence-corrected chi connectivity index (χ3v) is 2.46. The van der Waals surface area contributed by atoms with Gasteiger partial charge in [-0.3, -0.25) is 4.79 Å². The third-order valence-electron chi connectivity index (χ3n) is 2.46. The van der Waals surface area contributed by atoms with Crippen LogP contribution in [0.5, 0.6) is 5.75 Å². The average Bonchev–Trinajstić information content (AvgIpc) is 2.35. The molecular formula is C12H14F4N2O2. The van der Waals surface area contributed by atoms with Crippen LogP contribution in [0.3, 0.4) is 0 Å². The van der Waals surface area contributed by atoms with Gasteiger partial charge in [0.25, 0.3) is 5.91 Å². The zero-order valence-corrected chi connectivity index (χ0v) is 10.7. The predicted molar refractivity (Wildman–Crippen MR) is 64.0 cm³/mol. The number of benzene rings is 1. The number of hydrogen-bond acceptors (Lipinski definition) is 3. The van der Waals surface area contributed by atoms with Crippen LogP contribution in [-0.2, 0) is 0 Å². The van der Waals surface area contributed by atoms with Crippen molar-refractivity contribution in [2.75, 3.05) is 26.7 Å². The number of alkyl halides is 3. The molecule has 0 heterocycles. The molecule has 0 atom stereocenters. The van der Waals surface area contributed by atoms with Crippen molar-refractivity contribution in [1.82, 2.24) is 4.90 Å². The first-order valence-corrected chi connectivity index (χ1v) is 5.68. The molecule has 0 unspecified atom stereocenters. The van der Waals surface area contributed by atoms with Crippen LogP contribution in [0.25, 0.3) is 0 Å². The summed E-state index contributed by atoms with van der Waals surface area (Å²) >= 11 is 0. The molecule has 112 valence electrons. The summed E-state index contributed by atoms with van der Waals surface area (Å²) in [6.45, 7) is -1.95. The first-order valence-electron chi connectivity index (χ1n) is 5.68. The molecule has 0 spiro atoms. The Labute approximate surface area is 113 Å². The van der Waals surface area contributed by atoms with Crippen LogP contribution in [0.4, 0.5) is 17.6 Å². The number of hydrogen-bond donors (Lipinski definition) is 1. The molecule has 0 saturated carbocycles. The number of nitrogens with two attached hydrogens (primary N) is 1. The normalized spacial score (nSPS) is 11.3. The number of halogens is 4. The molecule has 0 aliphatic carbocycles. The van der Waals surface area contributed by atoms with Crippen molar-refractivity contribution in [2.24, 2.45) is 5.73 Å². The Morgan fingerprint density at radius 2 is 2.05 bits per heavy atom. The number of amides is 1. The molecule has 1 amide bonds. The molecule has 1 aromatic carbocycles. The minimum absolute atomic E-state index is 0.153. The van der Waals surface area contributed by atoms with Gasteiger partial charge in [0.05, 0.1) is 12.7 Å². The van der Waals surface area contributed by atoms with E-state index in [0.29, 0.717) is 4.90 Å². The molecule has 0 aromatic heterocycles. The van der Waals surface area contributed by atoms with Crippen LogP contribution < -0.4 is 10.5 Å². The van der Waals surface area contributed by atoms with Crippen molar-refractivity contribution in [3.8, 4) is 5.75 Å². The minimum Gasteiger partial charge on any atom is -0.497 e. The molecular weight excluding hydrogens is 280 g/mol. The SMILES string of the molecule is COc1ccc(C(=O)N(CCN)CC(F)(F)F)c(F)c1. The maximum absolute atomic E-state index is 13.7. The summed E-state index contributed by atoms with van der Waals surface area (Å²) in [5.41, 5.74) is 4.72. The summed E-state index contributed by atoms with van der Waals surface area (Å²) in [6, 6.07) is 3.31. The van der Waals surface area contributed by atoms with Crippen LogP contribution in [0.1, 0.15) is 10.4 Å². The van der Waals surface area contributed by atoms with Crippen LogP contribution in [0, 0.1) is 5.82 Å². The quantitative estimate of drug-likeness (QED) is 0.842. The molecule has 0 aliphatic rings. The van der Waals surface area contributed by atoms with Crippen molar-refractivity contribution in [1.29, 1.82) is 0 Å². The molecule has 1 rings (SSSR count). The highest BCUT2D eigenvalue weighted by atomic mass is 19.4. The number of ether oxygens (including phenoxy) is 1. The van der Waals surface area contributed by atoms with Crippen LogP contribution >= 0.6 is 0 Å². The Hall–Kier alpha value is -1.83. The fourth-order valence-electron chi connectivity index (χ4n) is 1.59. The van der Waals surface area contributed by atoms with Gasteiger partial charge in [0.2, 0.25) is 0 Å². The zero-order valence-electron chi connectivity index (χ0n) is 10.7. The van der Waals surface area contributed by atoms with Gasteiger partial charge in [-0.25, -0.2) is 4.39 Å². The van der Waals surface area contributed by atoms with Gasteiger partial charge in [-0.2, -0.15) is 13.2 Å². The molecule has 0 bridgehead atoms. The van der Waals surface area contributed by atoms with Crippen molar-refractivity contribution < 1.29 is 27.1 Å². The fraction of sp³-hybridized carbons (Fsp3) is 0.417. The molecule has 2 N–H and O–H groups in total. The predicted octanol–water partition coefficient (Wildman–Crippen LogP) is 1.80. The fourth-order valence-corrected chi connectivity index (χ4v) is 1.59. The second-order valence-corrected chi connectivity index (χ2v) is 3.98. The van der Waals surface area contributed by atoms with Crippen LogP contribution in [-0.4, -0.2) is 43.7 Å². The second-order valence-electron chi connectivity index (χ2n) is 3.98. The topological polar surface area (TPSA) is 55.6 Å². The molecule has 0 fully saturated rings. The molecule has 0 aliphatic heterocycles. The smallest absolute Gasteiger partial charge is 0.406 e. The zero-order chi connectivity index (χ0) is 15.3. The van der Waals surface area contributed by atoms with Crippen molar-refractivity contribution in [2.45, 2.75) is 6.18 Å². The van der Waals surface area contributed by atoms with Gasteiger partial charge >= 0.3 is 6.18 Å². The van der Waals surface area contributed by atoms with Crippen molar-refractivity contribution >= 4 is 5.91 Å². The van der Waals surface area contributed by atoms with E-state index in [1.54, 1.807) is 0 Å². The summed E-state index contributed by atoms with van der Waals surface area (Å²) < 4.78 is 55.6. The molecule has 20 heavy (non-hydrogen) atoms. The first-order chi connectivity index (χ1) is 9.28. The first kappa shape index (κ1) is 16.2. The Bertz CT molecular complexity index is 477. The molecule has 0 saturated heterocycles. The Balaban J connectivity index is 3.00. The minimum atomic E-state index is -4.58. The second kappa shape index (κ2) is 6.56. The van der Waals surface area contributed by atoms with Gasteiger partial charge in [-0.05, 0) is 12.1 Å². The van der Waals surface area contributed by atoms with Gasteiger partial charge in [0.1, 0.15) is 18.1 Å². The van der Waals surface area contributed by atoms with E-state index in [1.807, 2.05) is 0 Å². The van der Waals surface area contributed by atoms with Gasteiger partial charge in [0.15, 0.2) is 0 Å². The summed E-state index contributed by atoms with van der Waals surface area (Å²) in [4.78, 5) is 12.4. The van der Waals surface area contributed by atoms with E-state index in [1.165, 1.54) is 13.2 Å². The lowest BCUT2D eigenvalue weighted by molar-refractivity contribution is -0.140. The molecule has 1 aromatic rings.